The highest BCUT2D eigenvalue weighted by atomic mass is 16.5. The number of carbonyl (C=O) groups excluding carboxylic acids is 2. The topological polar surface area (TPSA) is 77.0 Å². The molecule has 0 aliphatic carbocycles. The van der Waals surface area contributed by atoms with Gasteiger partial charge in [-0.25, -0.2) is 10.2 Å². The number of amides is 1. The van der Waals surface area contributed by atoms with Crippen molar-refractivity contribution in [1.29, 1.82) is 0 Å². The lowest BCUT2D eigenvalue weighted by atomic mass is 10.2. The summed E-state index contributed by atoms with van der Waals surface area (Å²) in [5.41, 5.74) is 2.85. The molecule has 0 aromatic heterocycles. The second-order valence-corrected chi connectivity index (χ2v) is 3.42. The van der Waals surface area contributed by atoms with E-state index in [1.165, 1.54) is 6.21 Å². The Balaban J connectivity index is 2.48. The Hall–Kier alpha value is -2.37. The Labute approximate surface area is 111 Å². The Bertz CT molecular complexity index is 454. The zero-order valence-corrected chi connectivity index (χ0v) is 10.9. The van der Waals surface area contributed by atoms with E-state index in [1.807, 2.05) is 6.92 Å². The van der Waals surface area contributed by atoms with Crippen molar-refractivity contribution in [1.82, 2.24) is 5.43 Å². The van der Waals surface area contributed by atoms with Crippen LogP contribution in [0.25, 0.3) is 0 Å². The first-order chi connectivity index (χ1) is 9.17. The minimum absolute atomic E-state index is 0.148. The van der Waals surface area contributed by atoms with E-state index >= 15 is 0 Å². The van der Waals surface area contributed by atoms with Gasteiger partial charge in [-0.1, -0.05) is 0 Å². The number of hydrogen-bond acceptors (Lipinski definition) is 5. The van der Waals surface area contributed by atoms with E-state index in [2.05, 4.69) is 15.3 Å². The molecule has 0 saturated heterocycles. The third-order valence-corrected chi connectivity index (χ3v) is 2.03. The average molecular weight is 264 g/mol. The summed E-state index contributed by atoms with van der Waals surface area (Å²) in [5.74, 6) is -1.09. The van der Waals surface area contributed by atoms with Gasteiger partial charge in [0.25, 0.3) is 0 Å². The van der Waals surface area contributed by atoms with Crippen LogP contribution in [0.1, 0.15) is 19.4 Å². The maximum absolute atomic E-state index is 11.1. The zero-order valence-electron chi connectivity index (χ0n) is 10.9. The van der Waals surface area contributed by atoms with Crippen molar-refractivity contribution in [2.75, 3.05) is 13.2 Å². The Morgan fingerprint density at radius 2 is 1.89 bits per heavy atom. The van der Waals surface area contributed by atoms with Gasteiger partial charge in [-0.15, -0.1) is 0 Å². The van der Waals surface area contributed by atoms with Gasteiger partial charge in [-0.05, 0) is 43.7 Å². The number of ether oxygens (including phenoxy) is 2. The standard InChI is InChI=1S/C13H16N2O4/c1-3-18-11-7-5-10(6-8-11)9-14-15-12(16)13(17)19-4-2/h5-9H,3-4H2,1-2H3,(H,15,16)/b14-9+. The predicted octanol–water partition coefficient (Wildman–Crippen LogP) is 1.10. The molecule has 6 nitrogen and oxygen atoms in total. The van der Waals surface area contributed by atoms with E-state index in [-0.39, 0.29) is 6.61 Å². The van der Waals surface area contributed by atoms with E-state index in [9.17, 15) is 9.59 Å². The molecule has 0 spiro atoms. The molecule has 1 aromatic rings. The largest absolute Gasteiger partial charge is 0.494 e. The third kappa shape index (κ3) is 5.20. The highest BCUT2D eigenvalue weighted by Crippen LogP contribution is 2.10. The molecule has 0 fully saturated rings. The molecule has 1 rings (SSSR count). The van der Waals surface area contributed by atoms with Gasteiger partial charge in [0.2, 0.25) is 0 Å². The molecule has 0 radical (unpaired) electrons. The molecule has 0 saturated carbocycles. The van der Waals surface area contributed by atoms with E-state index in [0.29, 0.717) is 6.61 Å². The van der Waals surface area contributed by atoms with Crippen LogP contribution in [0.5, 0.6) is 5.75 Å². The monoisotopic (exact) mass is 264 g/mol. The summed E-state index contributed by atoms with van der Waals surface area (Å²) < 4.78 is 9.79. The summed E-state index contributed by atoms with van der Waals surface area (Å²) in [6, 6.07) is 7.14. The van der Waals surface area contributed by atoms with Crippen LogP contribution in [0.3, 0.4) is 0 Å². The van der Waals surface area contributed by atoms with Gasteiger partial charge in [0.15, 0.2) is 0 Å². The first-order valence-corrected chi connectivity index (χ1v) is 5.90. The Morgan fingerprint density at radius 1 is 1.21 bits per heavy atom. The minimum Gasteiger partial charge on any atom is -0.494 e. The quantitative estimate of drug-likeness (QED) is 0.374. The fourth-order valence-electron chi connectivity index (χ4n) is 1.22. The normalized spacial score (nSPS) is 10.2. The summed E-state index contributed by atoms with van der Waals surface area (Å²) in [6.07, 6.45) is 1.42. The summed E-state index contributed by atoms with van der Waals surface area (Å²) in [7, 11) is 0. The Kier molecular flexibility index (Phi) is 6.08. The number of nitrogens with one attached hydrogen (secondary N) is 1. The van der Waals surface area contributed by atoms with Crippen molar-refractivity contribution in [2.24, 2.45) is 5.10 Å². The maximum atomic E-state index is 11.1. The number of rotatable bonds is 5. The van der Waals surface area contributed by atoms with Crippen LogP contribution in [-0.2, 0) is 14.3 Å². The van der Waals surface area contributed by atoms with Crippen molar-refractivity contribution >= 4 is 18.1 Å². The fraction of sp³-hybridized carbons (Fsp3) is 0.308. The second-order valence-electron chi connectivity index (χ2n) is 3.42. The third-order valence-electron chi connectivity index (χ3n) is 2.03. The zero-order chi connectivity index (χ0) is 14.1. The second kappa shape index (κ2) is 7.86. The number of hydrogen-bond donors (Lipinski definition) is 1. The van der Waals surface area contributed by atoms with Crippen LogP contribution < -0.4 is 10.2 Å². The number of nitrogens with zero attached hydrogens (tertiary/aromatic N) is 1. The highest BCUT2D eigenvalue weighted by Gasteiger charge is 2.12. The molecule has 0 unspecified atom stereocenters. The van der Waals surface area contributed by atoms with Crippen LogP contribution in [-0.4, -0.2) is 31.3 Å². The van der Waals surface area contributed by atoms with Gasteiger partial charge >= 0.3 is 11.9 Å². The number of esters is 1. The van der Waals surface area contributed by atoms with Gasteiger partial charge in [-0.2, -0.15) is 5.10 Å². The van der Waals surface area contributed by atoms with Gasteiger partial charge in [0.05, 0.1) is 19.4 Å². The van der Waals surface area contributed by atoms with E-state index in [1.54, 1.807) is 31.2 Å². The molecular formula is C13H16N2O4. The molecule has 0 bridgehead atoms. The van der Waals surface area contributed by atoms with E-state index in [0.717, 1.165) is 11.3 Å². The number of hydrazone groups is 1. The highest BCUT2D eigenvalue weighted by molar-refractivity contribution is 6.32. The molecule has 102 valence electrons. The molecule has 6 heteroatoms. The van der Waals surface area contributed by atoms with Crippen molar-refractivity contribution in [2.45, 2.75) is 13.8 Å². The summed E-state index contributed by atoms with van der Waals surface area (Å²) >= 11 is 0. The van der Waals surface area contributed by atoms with Gasteiger partial charge in [0, 0.05) is 0 Å². The van der Waals surface area contributed by atoms with Crippen LogP contribution in [0.15, 0.2) is 29.4 Å². The van der Waals surface area contributed by atoms with Crippen LogP contribution >= 0.6 is 0 Å². The molecule has 1 aromatic carbocycles. The SMILES string of the molecule is CCOC(=O)C(=O)N/N=C/c1ccc(OCC)cc1. The van der Waals surface area contributed by atoms with E-state index < -0.39 is 11.9 Å². The molecule has 19 heavy (non-hydrogen) atoms. The minimum atomic E-state index is -0.952. The Morgan fingerprint density at radius 3 is 2.47 bits per heavy atom. The molecule has 0 aliphatic rings. The molecule has 0 aliphatic heterocycles. The van der Waals surface area contributed by atoms with Crippen molar-refractivity contribution in [3.05, 3.63) is 29.8 Å². The number of benzene rings is 1. The van der Waals surface area contributed by atoms with Gasteiger partial charge in [-0.3, -0.25) is 4.79 Å². The average Bonchev–Trinajstić information content (AvgIpc) is 2.41. The van der Waals surface area contributed by atoms with Crippen molar-refractivity contribution in [3.63, 3.8) is 0 Å². The van der Waals surface area contributed by atoms with Crippen molar-refractivity contribution in [3.8, 4) is 5.75 Å². The maximum Gasteiger partial charge on any atom is 0.398 e. The van der Waals surface area contributed by atoms with Gasteiger partial charge < -0.3 is 9.47 Å². The lowest BCUT2D eigenvalue weighted by Gasteiger charge is -2.02. The van der Waals surface area contributed by atoms with Gasteiger partial charge in [0.1, 0.15) is 5.75 Å². The van der Waals surface area contributed by atoms with Crippen LogP contribution in [0.2, 0.25) is 0 Å². The first kappa shape index (κ1) is 14.7. The summed E-state index contributed by atoms with van der Waals surface area (Å²) in [6.45, 7) is 4.27. The smallest absolute Gasteiger partial charge is 0.398 e. The van der Waals surface area contributed by atoms with Crippen LogP contribution in [0.4, 0.5) is 0 Å². The summed E-state index contributed by atoms with van der Waals surface area (Å²) in [4.78, 5) is 22.1. The lowest BCUT2D eigenvalue weighted by Crippen LogP contribution is -2.28. The molecule has 1 amide bonds. The molecule has 0 atom stereocenters. The van der Waals surface area contributed by atoms with Crippen LogP contribution in [0, 0.1) is 0 Å². The lowest BCUT2D eigenvalue weighted by molar-refractivity contribution is -0.154. The van der Waals surface area contributed by atoms with Crippen molar-refractivity contribution < 1.29 is 19.1 Å². The summed E-state index contributed by atoms with van der Waals surface area (Å²) in [5, 5.41) is 3.65. The first-order valence-electron chi connectivity index (χ1n) is 5.90. The fourth-order valence-corrected chi connectivity index (χ4v) is 1.22. The molecule has 0 heterocycles. The van der Waals surface area contributed by atoms with E-state index in [4.69, 9.17) is 4.74 Å². The predicted molar refractivity (Wildman–Crippen MR) is 70.0 cm³/mol. The molecular weight excluding hydrogens is 248 g/mol. The number of carbonyl (C=O) groups is 2. The molecule has 1 N–H and O–H groups in total.